The highest BCUT2D eigenvalue weighted by atomic mass is 35.5. The van der Waals surface area contributed by atoms with Crippen molar-refractivity contribution in [2.24, 2.45) is 0 Å². The lowest BCUT2D eigenvalue weighted by atomic mass is 9.97. The summed E-state index contributed by atoms with van der Waals surface area (Å²) in [5, 5.41) is 2.30. The third-order valence-corrected chi connectivity index (χ3v) is 5.76. The molecule has 3 rings (SSSR count). The molecule has 2 amide bonds. The molecule has 2 aromatic carbocycles. The van der Waals surface area contributed by atoms with Crippen molar-refractivity contribution in [3.8, 4) is 0 Å². The SMILES string of the molecule is CCOC(=O)c1[nH]c2cc(Cl)ccc2c1C(C(=O)NC(C)(C)C)N(C=O)C(F)(F)c1c(F)c(F)c(F)c(F)c1F. The van der Waals surface area contributed by atoms with Gasteiger partial charge in [-0.15, -0.1) is 0 Å². The number of halogens is 8. The number of hydrogen-bond acceptors (Lipinski definition) is 4. The molecule has 0 bridgehead atoms. The summed E-state index contributed by atoms with van der Waals surface area (Å²) < 4.78 is 107. The lowest BCUT2D eigenvalue weighted by Gasteiger charge is -2.36. The molecule has 0 aliphatic heterocycles. The van der Waals surface area contributed by atoms with E-state index in [1.54, 1.807) is 0 Å². The van der Waals surface area contributed by atoms with Crippen molar-refractivity contribution in [1.29, 1.82) is 0 Å². The molecule has 1 aromatic heterocycles. The summed E-state index contributed by atoms with van der Waals surface area (Å²) in [7, 11) is 0. The van der Waals surface area contributed by atoms with Crippen molar-refractivity contribution >= 4 is 40.8 Å². The van der Waals surface area contributed by atoms with Gasteiger partial charge in [-0.05, 0) is 39.8 Å². The number of benzene rings is 2. The van der Waals surface area contributed by atoms with Gasteiger partial charge >= 0.3 is 12.0 Å². The second-order valence-corrected chi connectivity index (χ2v) is 9.90. The van der Waals surface area contributed by atoms with Gasteiger partial charge in [-0.2, -0.15) is 8.78 Å². The number of hydrogen-bond donors (Lipinski definition) is 2. The van der Waals surface area contributed by atoms with Gasteiger partial charge in [0.1, 0.15) is 17.3 Å². The number of carbonyl (C=O) groups is 3. The third-order valence-electron chi connectivity index (χ3n) is 5.53. The zero-order valence-electron chi connectivity index (χ0n) is 21.2. The fourth-order valence-corrected chi connectivity index (χ4v) is 4.13. The quantitative estimate of drug-likeness (QED) is 0.0853. The predicted octanol–water partition coefficient (Wildman–Crippen LogP) is 5.86. The van der Waals surface area contributed by atoms with Gasteiger partial charge in [0.05, 0.1) is 6.61 Å². The molecule has 0 saturated heterocycles. The lowest BCUT2D eigenvalue weighted by Crippen LogP contribution is -2.52. The van der Waals surface area contributed by atoms with Crippen LogP contribution < -0.4 is 5.32 Å². The average molecular weight is 596 g/mol. The van der Waals surface area contributed by atoms with Crippen LogP contribution in [0.1, 0.15) is 55.4 Å². The second-order valence-electron chi connectivity index (χ2n) is 9.46. The summed E-state index contributed by atoms with van der Waals surface area (Å²) in [5.41, 5.74) is -5.09. The molecule has 0 aliphatic carbocycles. The molecule has 40 heavy (non-hydrogen) atoms. The first-order valence-electron chi connectivity index (χ1n) is 11.4. The summed E-state index contributed by atoms with van der Waals surface area (Å²) in [5.74, 6) is -16.6. The number of ether oxygens (including phenoxy) is 1. The molecule has 1 heterocycles. The summed E-state index contributed by atoms with van der Waals surface area (Å²) in [6.07, 6.45) is -0.714. The predicted molar refractivity (Wildman–Crippen MR) is 128 cm³/mol. The molecule has 0 saturated carbocycles. The highest BCUT2D eigenvalue weighted by Gasteiger charge is 2.52. The van der Waals surface area contributed by atoms with E-state index in [4.69, 9.17) is 16.3 Å². The monoisotopic (exact) mass is 595 g/mol. The number of aromatic amines is 1. The van der Waals surface area contributed by atoms with Crippen LogP contribution in [0.3, 0.4) is 0 Å². The molecule has 0 aliphatic rings. The zero-order valence-corrected chi connectivity index (χ0v) is 22.0. The number of rotatable bonds is 8. The summed E-state index contributed by atoms with van der Waals surface area (Å²) in [6.45, 7) is 5.48. The maximum Gasteiger partial charge on any atom is 0.361 e. The van der Waals surface area contributed by atoms with Crippen LogP contribution >= 0.6 is 11.6 Å². The molecule has 0 radical (unpaired) electrons. The van der Waals surface area contributed by atoms with Gasteiger partial charge in [0, 0.05) is 27.0 Å². The van der Waals surface area contributed by atoms with Crippen molar-refractivity contribution in [2.75, 3.05) is 6.61 Å². The second kappa shape index (κ2) is 11.0. The minimum atomic E-state index is -5.34. The fourth-order valence-electron chi connectivity index (χ4n) is 3.96. The fraction of sp³-hybridized carbons (Fsp3) is 0.320. The Morgan fingerprint density at radius 1 is 1.05 bits per heavy atom. The van der Waals surface area contributed by atoms with Crippen molar-refractivity contribution < 1.29 is 49.9 Å². The molecule has 1 unspecified atom stereocenters. The van der Waals surface area contributed by atoms with Gasteiger partial charge in [-0.1, -0.05) is 17.7 Å². The number of alkyl halides is 2. The number of carbonyl (C=O) groups excluding carboxylic acids is 3. The molecule has 2 N–H and O–H groups in total. The Labute approximate surface area is 227 Å². The van der Waals surface area contributed by atoms with Gasteiger partial charge in [0.2, 0.25) is 18.1 Å². The van der Waals surface area contributed by atoms with Gasteiger partial charge in [0.25, 0.3) is 0 Å². The summed E-state index contributed by atoms with van der Waals surface area (Å²) in [4.78, 5) is 40.3. The number of esters is 1. The first-order chi connectivity index (χ1) is 18.5. The number of H-pyrrole nitrogens is 1. The van der Waals surface area contributed by atoms with Crippen molar-refractivity contribution in [1.82, 2.24) is 15.2 Å². The number of aromatic nitrogens is 1. The Balaban J connectivity index is 2.43. The highest BCUT2D eigenvalue weighted by Crippen LogP contribution is 2.44. The van der Waals surface area contributed by atoms with E-state index in [-0.39, 0.29) is 22.5 Å². The molecule has 0 fully saturated rings. The molecule has 15 heteroatoms. The van der Waals surface area contributed by atoms with Crippen LogP contribution in [0.4, 0.5) is 30.7 Å². The van der Waals surface area contributed by atoms with E-state index in [0.717, 1.165) is 0 Å². The molecular weight excluding hydrogens is 575 g/mol. The van der Waals surface area contributed by atoms with Gasteiger partial charge < -0.3 is 15.0 Å². The van der Waals surface area contributed by atoms with Crippen LogP contribution in [-0.4, -0.2) is 40.3 Å². The molecule has 0 spiro atoms. The zero-order chi connectivity index (χ0) is 30.3. The minimum Gasteiger partial charge on any atom is -0.461 e. The highest BCUT2D eigenvalue weighted by molar-refractivity contribution is 6.31. The average Bonchev–Trinajstić information content (AvgIpc) is 3.21. The van der Waals surface area contributed by atoms with Gasteiger partial charge in [-0.3, -0.25) is 14.5 Å². The Bertz CT molecular complexity index is 1480. The summed E-state index contributed by atoms with van der Waals surface area (Å²) >= 11 is 5.98. The topological polar surface area (TPSA) is 91.5 Å². The first-order valence-corrected chi connectivity index (χ1v) is 11.8. The Kier molecular flexibility index (Phi) is 8.44. The van der Waals surface area contributed by atoms with E-state index < -0.39 is 86.7 Å². The molecular formula is C25H21ClF7N3O4. The van der Waals surface area contributed by atoms with Crippen LogP contribution in [-0.2, 0) is 20.4 Å². The van der Waals surface area contributed by atoms with Crippen LogP contribution in [0.2, 0.25) is 5.02 Å². The van der Waals surface area contributed by atoms with Crippen LogP contribution in [0.5, 0.6) is 0 Å². The molecule has 1 atom stereocenters. The van der Waals surface area contributed by atoms with Crippen molar-refractivity contribution in [3.05, 3.63) is 69.1 Å². The molecule has 216 valence electrons. The Morgan fingerprint density at radius 3 is 2.10 bits per heavy atom. The number of nitrogens with one attached hydrogen (secondary N) is 2. The van der Waals surface area contributed by atoms with E-state index in [1.165, 1.54) is 45.9 Å². The first kappa shape index (κ1) is 30.7. The lowest BCUT2D eigenvalue weighted by molar-refractivity contribution is -0.185. The van der Waals surface area contributed by atoms with Gasteiger partial charge in [0.15, 0.2) is 23.3 Å². The van der Waals surface area contributed by atoms with Crippen LogP contribution in [0.25, 0.3) is 10.9 Å². The number of nitrogens with zero attached hydrogens (tertiary/aromatic N) is 1. The maximum absolute atomic E-state index is 15.8. The van der Waals surface area contributed by atoms with E-state index in [0.29, 0.717) is 0 Å². The summed E-state index contributed by atoms with van der Waals surface area (Å²) in [6, 6.07) is -4.23. The molecule has 3 aromatic rings. The Hall–Kier alpha value is -3.81. The van der Waals surface area contributed by atoms with Crippen molar-refractivity contribution in [2.45, 2.75) is 45.3 Å². The van der Waals surface area contributed by atoms with Crippen LogP contribution in [0, 0.1) is 29.1 Å². The van der Waals surface area contributed by atoms with Crippen LogP contribution in [0.15, 0.2) is 18.2 Å². The number of fused-ring (bicyclic) bond motifs is 1. The van der Waals surface area contributed by atoms with E-state index in [2.05, 4.69) is 10.3 Å². The van der Waals surface area contributed by atoms with Crippen molar-refractivity contribution in [3.63, 3.8) is 0 Å². The van der Waals surface area contributed by atoms with E-state index in [1.807, 2.05) is 0 Å². The molecule has 7 nitrogen and oxygen atoms in total. The third kappa shape index (κ3) is 5.44. The Morgan fingerprint density at radius 2 is 1.60 bits per heavy atom. The standard InChI is InChI=1S/C25H21ClF7N3O4/c1-5-40-23(39)20-13(11-7-6-10(26)8-12(11)34-20)21(22(38)35-24(2,3)4)36(9-37)25(32,33)14-15(27)17(29)19(31)18(30)16(14)28/h6-9,21,34H,5H2,1-4H3,(H,35,38). The normalized spacial score (nSPS) is 12.8. The minimum absolute atomic E-state index is 0.00418. The number of amides is 2. The van der Waals surface area contributed by atoms with E-state index >= 15 is 8.78 Å². The smallest absolute Gasteiger partial charge is 0.361 e. The maximum atomic E-state index is 15.8. The van der Waals surface area contributed by atoms with E-state index in [9.17, 15) is 36.3 Å². The largest absolute Gasteiger partial charge is 0.461 e. The van der Waals surface area contributed by atoms with Gasteiger partial charge in [-0.25, -0.2) is 26.7 Å².